The third kappa shape index (κ3) is 4.66. The van der Waals surface area contributed by atoms with Crippen LogP contribution in [0.3, 0.4) is 0 Å². The highest BCUT2D eigenvalue weighted by Gasteiger charge is 2.14. The summed E-state index contributed by atoms with van der Waals surface area (Å²) in [4.78, 5) is 32.9. The minimum atomic E-state index is -1.20. The largest absolute Gasteiger partial charge is 0.480 e. The SMILES string of the molecule is O=C(O)CNC(=O)CNC(=O)c1cccc(Br)c1F. The lowest BCUT2D eigenvalue weighted by Crippen LogP contribution is -2.39. The Morgan fingerprint density at radius 3 is 2.53 bits per heavy atom. The highest BCUT2D eigenvalue weighted by molar-refractivity contribution is 9.10. The fourth-order valence-electron chi connectivity index (χ4n) is 1.17. The van der Waals surface area contributed by atoms with E-state index in [0.717, 1.165) is 0 Å². The number of hydrogen-bond donors (Lipinski definition) is 3. The van der Waals surface area contributed by atoms with E-state index < -0.39 is 36.7 Å². The molecule has 102 valence electrons. The molecule has 0 atom stereocenters. The van der Waals surface area contributed by atoms with Gasteiger partial charge in [-0.1, -0.05) is 6.07 Å². The summed E-state index contributed by atoms with van der Waals surface area (Å²) in [6, 6.07) is 4.18. The van der Waals surface area contributed by atoms with Crippen molar-refractivity contribution in [1.82, 2.24) is 10.6 Å². The zero-order valence-corrected chi connectivity index (χ0v) is 11.2. The molecule has 0 aliphatic carbocycles. The summed E-state index contributed by atoms with van der Waals surface area (Å²) >= 11 is 2.94. The number of carboxylic acids is 1. The maximum atomic E-state index is 13.5. The fourth-order valence-corrected chi connectivity index (χ4v) is 1.54. The van der Waals surface area contributed by atoms with Gasteiger partial charge in [-0.3, -0.25) is 14.4 Å². The van der Waals surface area contributed by atoms with Gasteiger partial charge in [0, 0.05) is 0 Å². The lowest BCUT2D eigenvalue weighted by atomic mass is 10.2. The van der Waals surface area contributed by atoms with Crippen molar-refractivity contribution in [2.45, 2.75) is 0 Å². The van der Waals surface area contributed by atoms with E-state index in [4.69, 9.17) is 5.11 Å². The normalized spacial score (nSPS) is 9.79. The average Bonchev–Trinajstić information content (AvgIpc) is 2.36. The van der Waals surface area contributed by atoms with Gasteiger partial charge in [-0.05, 0) is 28.1 Å². The Morgan fingerprint density at radius 1 is 1.21 bits per heavy atom. The van der Waals surface area contributed by atoms with Crippen LogP contribution >= 0.6 is 15.9 Å². The van der Waals surface area contributed by atoms with Crippen molar-refractivity contribution in [1.29, 1.82) is 0 Å². The molecule has 1 rings (SSSR count). The molecule has 0 fully saturated rings. The summed E-state index contributed by atoms with van der Waals surface area (Å²) in [5, 5.41) is 12.6. The van der Waals surface area contributed by atoms with Crippen LogP contribution in [-0.2, 0) is 9.59 Å². The van der Waals surface area contributed by atoms with Crippen LogP contribution in [0, 0.1) is 5.82 Å². The smallest absolute Gasteiger partial charge is 0.322 e. The van der Waals surface area contributed by atoms with Crippen molar-refractivity contribution in [2.24, 2.45) is 0 Å². The number of halogens is 2. The summed E-state index contributed by atoms with van der Waals surface area (Å²) in [6.07, 6.45) is 0. The van der Waals surface area contributed by atoms with Crippen molar-refractivity contribution in [3.8, 4) is 0 Å². The van der Waals surface area contributed by atoms with Crippen LogP contribution in [0.2, 0.25) is 0 Å². The Hall–Kier alpha value is -1.96. The number of carbonyl (C=O) groups is 3. The molecule has 2 amide bonds. The van der Waals surface area contributed by atoms with Crippen molar-refractivity contribution in [3.05, 3.63) is 34.1 Å². The number of amides is 2. The Morgan fingerprint density at radius 2 is 1.89 bits per heavy atom. The molecule has 0 aliphatic heterocycles. The number of aliphatic carboxylic acids is 1. The molecule has 3 N–H and O–H groups in total. The highest BCUT2D eigenvalue weighted by atomic mass is 79.9. The van der Waals surface area contributed by atoms with E-state index in [1.54, 1.807) is 0 Å². The van der Waals surface area contributed by atoms with Crippen LogP contribution in [0.25, 0.3) is 0 Å². The molecule has 19 heavy (non-hydrogen) atoms. The first-order valence-corrected chi connectivity index (χ1v) is 5.92. The van der Waals surface area contributed by atoms with E-state index in [0.29, 0.717) is 0 Å². The Balaban J connectivity index is 2.54. The monoisotopic (exact) mass is 332 g/mol. The van der Waals surface area contributed by atoms with Crippen molar-refractivity contribution in [2.75, 3.05) is 13.1 Å². The lowest BCUT2D eigenvalue weighted by Gasteiger charge is -2.06. The van der Waals surface area contributed by atoms with Gasteiger partial charge >= 0.3 is 5.97 Å². The number of benzene rings is 1. The first-order valence-electron chi connectivity index (χ1n) is 5.12. The highest BCUT2D eigenvalue weighted by Crippen LogP contribution is 2.18. The topological polar surface area (TPSA) is 95.5 Å². The summed E-state index contributed by atoms with van der Waals surface area (Å²) in [5.41, 5.74) is -0.208. The van der Waals surface area contributed by atoms with Gasteiger partial charge in [-0.25, -0.2) is 4.39 Å². The number of rotatable bonds is 5. The Kier molecular flexibility index (Phi) is 5.43. The third-order valence-electron chi connectivity index (χ3n) is 2.04. The Labute approximate surface area is 116 Å². The number of carbonyl (C=O) groups excluding carboxylic acids is 2. The molecule has 0 spiro atoms. The van der Waals surface area contributed by atoms with Crippen LogP contribution in [0.1, 0.15) is 10.4 Å². The van der Waals surface area contributed by atoms with E-state index in [9.17, 15) is 18.8 Å². The summed E-state index contributed by atoms with van der Waals surface area (Å²) in [6.45, 7) is -0.974. The third-order valence-corrected chi connectivity index (χ3v) is 2.65. The molecule has 1 aromatic carbocycles. The second-order valence-corrected chi connectivity index (χ2v) is 4.31. The molecular formula is C11H10BrFN2O4. The van der Waals surface area contributed by atoms with Gasteiger partial charge in [-0.2, -0.15) is 0 Å². The Bertz CT molecular complexity index is 521. The molecule has 0 radical (unpaired) electrons. The molecular weight excluding hydrogens is 323 g/mol. The van der Waals surface area contributed by atoms with Crippen LogP contribution in [0.5, 0.6) is 0 Å². The van der Waals surface area contributed by atoms with Crippen molar-refractivity contribution >= 4 is 33.7 Å². The van der Waals surface area contributed by atoms with E-state index in [-0.39, 0.29) is 10.0 Å². The van der Waals surface area contributed by atoms with Gasteiger partial charge in [0.2, 0.25) is 5.91 Å². The molecule has 0 saturated carbocycles. The number of carboxylic acid groups (broad SMARTS) is 1. The van der Waals surface area contributed by atoms with Crippen molar-refractivity contribution in [3.63, 3.8) is 0 Å². The zero-order valence-electron chi connectivity index (χ0n) is 9.57. The van der Waals surface area contributed by atoms with Gasteiger partial charge in [0.1, 0.15) is 12.4 Å². The maximum absolute atomic E-state index is 13.5. The second kappa shape index (κ2) is 6.83. The van der Waals surface area contributed by atoms with E-state index in [1.165, 1.54) is 18.2 Å². The van der Waals surface area contributed by atoms with Gasteiger partial charge in [-0.15, -0.1) is 0 Å². The van der Waals surface area contributed by atoms with E-state index >= 15 is 0 Å². The predicted octanol–water partition coefficient (Wildman–Crippen LogP) is 0.519. The minimum Gasteiger partial charge on any atom is -0.480 e. The molecule has 6 nitrogen and oxygen atoms in total. The van der Waals surface area contributed by atoms with Gasteiger partial charge < -0.3 is 15.7 Å². The zero-order chi connectivity index (χ0) is 14.4. The minimum absolute atomic E-state index is 0.135. The molecule has 8 heteroatoms. The molecule has 0 aliphatic rings. The van der Waals surface area contributed by atoms with E-state index in [2.05, 4.69) is 26.6 Å². The molecule has 0 unspecified atom stereocenters. The van der Waals surface area contributed by atoms with Gasteiger partial charge in [0.25, 0.3) is 5.91 Å². The van der Waals surface area contributed by atoms with Gasteiger partial charge in [0.15, 0.2) is 0 Å². The lowest BCUT2D eigenvalue weighted by molar-refractivity contribution is -0.137. The van der Waals surface area contributed by atoms with Crippen LogP contribution in [0.15, 0.2) is 22.7 Å². The first-order chi connectivity index (χ1) is 8.91. The summed E-state index contributed by atoms with van der Waals surface area (Å²) in [7, 11) is 0. The predicted molar refractivity (Wildman–Crippen MR) is 67.1 cm³/mol. The van der Waals surface area contributed by atoms with Gasteiger partial charge in [0.05, 0.1) is 16.6 Å². The van der Waals surface area contributed by atoms with Crippen LogP contribution < -0.4 is 10.6 Å². The van der Waals surface area contributed by atoms with Crippen LogP contribution in [-0.4, -0.2) is 36.0 Å². The second-order valence-electron chi connectivity index (χ2n) is 3.45. The van der Waals surface area contributed by atoms with E-state index in [1.807, 2.05) is 0 Å². The fraction of sp³-hybridized carbons (Fsp3) is 0.182. The molecule has 0 saturated heterocycles. The average molecular weight is 333 g/mol. The summed E-state index contributed by atoms with van der Waals surface area (Å²) < 4.78 is 13.7. The molecule has 1 aromatic rings. The number of nitrogens with one attached hydrogen (secondary N) is 2. The van der Waals surface area contributed by atoms with Crippen LogP contribution in [0.4, 0.5) is 4.39 Å². The standard InChI is InChI=1S/C11H10BrFN2O4/c12-7-3-1-2-6(10(7)13)11(19)15-4-8(16)14-5-9(17)18/h1-3H,4-5H2,(H,14,16)(H,15,19)(H,17,18). The van der Waals surface area contributed by atoms with Crippen molar-refractivity contribution < 1.29 is 23.9 Å². The quantitative estimate of drug-likeness (QED) is 0.732. The number of hydrogen-bond acceptors (Lipinski definition) is 3. The maximum Gasteiger partial charge on any atom is 0.322 e. The molecule has 0 aromatic heterocycles. The summed E-state index contributed by atoms with van der Waals surface area (Å²) in [5.74, 6) is -3.36. The molecule has 0 heterocycles. The first kappa shape index (κ1) is 15.1. The molecule has 0 bridgehead atoms.